The zero-order valence-electron chi connectivity index (χ0n) is 26.1. The Morgan fingerprint density at radius 3 is 2.20 bits per heavy atom. The van der Waals surface area contributed by atoms with Gasteiger partial charge in [-0.2, -0.15) is 0 Å². The molecule has 1 saturated carbocycles. The molecule has 0 radical (unpaired) electrons. The summed E-state index contributed by atoms with van der Waals surface area (Å²) < 4.78 is 12.6. The van der Waals surface area contributed by atoms with Gasteiger partial charge < -0.3 is 14.6 Å². The largest absolute Gasteiger partial charge is 0.488 e. The lowest BCUT2D eigenvalue weighted by atomic mass is 9.39. The maximum Gasteiger partial charge on any atom is 0.186 e. The highest BCUT2D eigenvalue weighted by Gasteiger charge is 2.77. The first-order valence-corrected chi connectivity index (χ1v) is 14.8. The van der Waals surface area contributed by atoms with Crippen LogP contribution in [0.15, 0.2) is 65.0 Å². The van der Waals surface area contributed by atoms with Gasteiger partial charge in [-0.05, 0) is 79.1 Å². The van der Waals surface area contributed by atoms with Crippen LogP contribution in [-0.2, 0) is 19.1 Å². The van der Waals surface area contributed by atoms with E-state index in [2.05, 4.69) is 6.08 Å². The molecule has 1 aromatic carbocycles. The third kappa shape index (κ3) is 4.58. The number of ketones is 3. The van der Waals surface area contributed by atoms with Crippen LogP contribution < -0.4 is 0 Å². The molecular weight excluding hydrogens is 516 g/mol. The first-order valence-electron chi connectivity index (χ1n) is 14.8. The number of Topliss-reactive ketones (excluding diaryl/α,β-unsaturated/α-hetero) is 3. The monoisotopic (exact) mass is 562 g/mol. The Morgan fingerprint density at radius 1 is 1.02 bits per heavy atom. The molecule has 4 rings (SSSR count). The molecule has 0 amide bonds. The molecule has 222 valence electrons. The molecule has 6 nitrogen and oxygen atoms in total. The van der Waals surface area contributed by atoms with Crippen molar-refractivity contribution in [1.82, 2.24) is 0 Å². The van der Waals surface area contributed by atoms with Crippen molar-refractivity contribution in [3.63, 3.8) is 0 Å². The number of hydrogen-bond acceptors (Lipinski definition) is 6. The summed E-state index contributed by atoms with van der Waals surface area (Å²) in [6, 6.07) is 8.61. The summed E-state index contributed by atoms with van der Waals surface area (Å²) in [5.74, 6) is -1.57. The fraction of sp³-hybridized carbons (Fsp3) is 0.571. The second kappa shape index (κ2) is 10.8. The lowest BCUT2D eigenvalue weighted by Crippen LogP contribution is -2.72. The quantitative estimate of drug-likeness (QED) is 0.219. The van der Waals surface area contributed by atoms with E-state index in [0.29, 0.717) is 25.0 Å². The molecule has 41 heavy (non-hydrogen) atoms. The van der Waals surface area contributed by atoms with Gasteiger partial charge in [0.1, 0.15) is 23.6 Å². The molecule has 2 aliphatic carbocycles. The molecule has 2 bridgehead atoms. The van der Waals surface area contributed by atoms with Crippen molar-refractivity contribution < 1.29 is 29.0 Å². The van der Waals surface area contributed by atoms with Crippen molar-refractivity contribution in [1.29, 1.82) is 0 Å². The third-order valence-electron chi connectivity index (χ3n) is 9.65. The highest BCUT2D eigenvalue weighted by Crippen LogP contribution is 2.67. The molecule has 0 saturated heterocycles. The van der Waals surface area contributed by atoms with Gasteiger partial charge in [-0.1, -0.05) is 67.5 Å². The lowest BCUT2D eigenvalue weighted by Gasteiger charge is -2.62. The Hall–Kier alpha value is -2.83. The van der Waals surface area contributed by atoms with Gasteiger partial charge in [0.15, 0.2) is 22.8 Å². The highest BCUT2D eigenvalue weighted by molar-refractivity contribution is 6.36. The van der Waals surface area contributed by atoms with Gasteiger partial charge in [-0.3, -0.25) is 14.4 Å². The van der Waals surface area contributed by atoms with E-state index in [9.17, 15) is 9.90 Å². The molecule has 6 heteroatoms. The molecule has 3 aliphatic rings. The molecule has 1 N–H and O–H groups in total. The van der Waals surface area contributed by atoms with Crippen LogP contribution in [0.2, 0.25) is 0 Å². The maximum atomic E-state index is 15.3. The van der Waals surface area contributed by atoms with Crippen molar-refractivity contribution in [3.8, 4) is 0 Å². The molecular formula is C35H46O6. The minimum atomic E-state index is -2.04. The second-order valence-corrected chi connectivity index (χ2v) is 13.6. The number of rotatable bonds is 8. The van der Waals surface area contributed by atoms with Crippen LogP contribution in [-0.4, -0.2) is 46.9 Å². The number of carbonyl (C=O) groups excluding carboxylic acids is 3. The SMILES string of the molecule is CCO[C@H]1[C@H](O)C2=C(OC1(C)C)[C@]1(CC=C(C)C)C[C@@H](CC=C(C)C)C(C)(C)[C@@](C(=O)c3ccccc3)(C2=O)C1=O. The number of hydrogen-bond donors (Lipinski definition) is 1. The van der Waals surface area contributed by atoms with Crippen LogP contribution in [0.4, 0.5) is 0 Å². The first-order chi connectivity index (χ1) is 19.1. The number of allylic oxidation sites excluding steroid dienone is 5. The van der Waals surface area contributed by atoms with E-state index in [4.69, 9.17) is 9.47 Å². The number of aliphatic hydroxyl groups is 1. The average Bonchev–Trinajstić information content (AvgIpc) is 2.89. The number of ether oxygens (including phenoxy) is 2. The molecule has 1 heterocycles. The van der Waals surface area contributed by atoms with Crippen LogP contribution in [0.3, 0.4) is 0 Å². The van der Waals surface area contributed by atoms with Gasteiger partial charge in [0.25, 0.3) is 0 Å². The van der Waals surface area contributed by atoms with E-state index in [1.807, 2.05) is 68.4 Å². The summed E-state index contributed by atoms with van der Waals surface area (Å²) >= 11 is 0. The first kappa shape index (κ1) is 31.1. The summed E-state index contributed by atoms with van der Waals surface area (Å²) in [7, 11) is 0. The van der Waals surface area contributed by atoms with Gasteiger partial charge in [0.05, 0.1) is 11.0 Å². The highest BCUT2D eigenvalue weighted by atomic mass is 16.6. The van der Waals surface area contributed by atoms with Gasteiger partial charge in [0, 0.05) is 12.2 Å². The standard InChI is InChI=1S/C35H46O6/c1-10-40-30-26(36)25-28(38)35(27(37)23-14-12-11-13-15-23)31(39)34(19-18-22(4)5,29(25)41-33(30,8)9)20-24(32(35,6)7)17-16-21(2)3/h11-16,18,24,26,30,36H,10,17,19-20H2,1-9H3/t24-,26-,30+,34+,35+/m1/s1. The fourth-order valence-electron chi connectivity index (χ4n) is 7.33. The van der Waals surface area contributed by atoms with Crippen LogP contribution in [0, 0.1) is 22.2 Å². The number of aliphatic hydroxyl groups excluding tert-OH is 1. The predicted octanol–water partition coefficient (Wildman–Crippen LogP) is 6.58. The Labute approximate surface area is 244 Å². The summed E-state index contributed by atoms with van der Waals surface area (Å²) in [6.07, 6.45) is 3.18. The van der Waals surface area contributed by atoms with Crippen molar-refractivity contribution in [3.05, 3.63) is 70.5 Å². The molecule has 0 aromatic heterocycles. The zero-order valence-corrected chi connectivity index (χ0v) is 26.1. The summed E-state index contributed by atoms with van der Waals surface area (Å²) in [5, 5.41) is 11.9. The van der Waals surface area contributed by atoms with E-state index >= 15 is 9.59 Å². The van der Waals surface area contributed by atoms with Crippen LogP contribution in [0.5, 0.6) is 0 Å². The normalized spacial score (nSPS) is 31.6. The number of carbonyl (C=O) groups is 3. The van der Waals surface area contributed by atoms with Gasteiger partial charge in [-0.15, -0.1) is 0 Å². The molecule has 5 atom stereocenters. The van der Waals surface area contributed by atoms with E-state index in [-0.39, 0.29) is 23.7 Å². The molecule has 0 spiro atoms. The van der Waals surface area contributed by atoms with E-state index in [1.54, 1.807) is 30.3 Å². The predicted molar refractivity (Wildman–Crippen MR) is 159 cm³/mol. The smallest absolute Gasteiger partial charge is 0.186 e. The Morgan fingerprint density at radius 2 is 1.63 bits per heavy atom. The minimum Gasteiger partial charge on any atom is -0.488 e. The van der Waals surface area contributed by atoms with E-state index in [0.717, 1.165) is 11.1 Å². The summed E-state index contributed by atoms with van der Waals surface area (Å²) in [5.41, 5.74) is -2.94. The van der Waals surface area contributed by atoms with Crippen molar-refractivity contribution in [2.45, 2.75) is 99.4 Å². The Balaban J connectivity index is 2.13. The molecule has 1 aromatic rings. The maximum absolute atomic E-state index is 15.3. The lowest BCUT2D eigenvalue weighted by molar-refractivity contribution is -0.192. The van der Waals surface area contributed by atoms with Gasteiger partial charge in [-0.25, -0.2) is 0 Å². The van der Waals surface area contributed by atoms with Crippen LogP contribution >= 0.6 is 0 Å². The molecule has 1 aliphatic heterocycles. The Kier molecular flexibility index (Phi) is 8.18. The third-order valence-corrected chi connectivity index (χ3v) is 9.65. The number of fused-ring (bicyclic) bond motifs is 3. The Bertz CT molecular complexity index is 1320. The van der Waals surface area contributed by atoms with Crippen molar-refractivity contribution >= 4 is 17.3 Å². The van der Waals surface area contributed by atoms with Crippen molar-refractivity contribution in [2.75, 3.05) is 6.61 Å². The molecule has 1 fully saturated rings. The topological polar surface area (TPSA) is 89.9 Å². The fourth-order valence-corrected chi connectivity index (χ4v) is 7.33. The average molecular weight is 563 g/mol. The molecule has 0 unspecified atom stereocenters. The van der Waals surface area contributed by atoms with E-state index < -0.39 is 51.4 Å². The van der Waals surface area contributed by atoms with Crippen LogP contribution in [0.25, 0.3) is 0 Å². The number of benzene rings is 1. The van der Waals surface area contributed by atoms with Crippen molar-refractivity contribution in [2.24, 2.45) is 22.2 Å². The zero-order chi connectivity index (χ0) is 30.5. The van der Waals surface area contributed by atoms with Crippen LogP contribution in [0.1, 0.15) is 91.9 Å². The van der Waals surface area contributed by atoms with Gasteiger partial charge in [0.2, 0.25) is 0 Å². The summed E-state index contributed by atoms with van der Waals surface area (Å²) in [4.78, 5) is 45.1. The summed E-state index contributed by atoms with van der Waals surface area (Å²) in [6.45, 7) is 17.5. The minimum absolute atomic E-state index is 0.0163. The van der Waals surface area contributed by atoms with E-state index in [1.165, 1.54) is 0 Å². The van der Waals surface area contributed by atoms with Gasteiger partial charge >= 0.3 is 0 Å². The second-order valence-electron chi connectivity index (χ2n) is 13.6.